The summed E-state index contributed by atoms with van der Waals surface area (Å²) < 4.78 is 0. The van der Waals surface area contributed by atoms with Crippen LogP contribution in [0.1, 0.15) is 17.5 Å². The predicted octanol–water partition coefficient (Wildman–Crippen LogP) is 2.72. The molecule has 0 bridgehead atoms. The maximum absolute atomic E-state index is 9.93. The molecule has 104 valence electrons. The topological polar surface area (TPSA) is 40.5 Å². The molecule has 0 fully saturated rings. The van der Waals surface area contributed by atoms with Crippen molar-refractivity contribution >= 4 is 17.6 Å². The maximum atomic E-state index is 9.93. The lowest BCUT2D eigenvalue weighted by molar-refractivity contribution is 0.0806. The fourth-order valence-electron chi connectivity index (χ4n) is 2.49. The Morgan fingerprint density at radius 1 is 0.950 bits per heavy atom. The van der Waals surface area contributed by atoms with Crippen molar-refractivity contribution in [2.75, 3.05) is 6.61 Å². The van der Waals surface area contributed by atoms with Crippen LogP contribution in [0.5, 0.6) is 0 Å². The van der Waals surface area contributed by atoms with E-state index in [2.05, 4.69) is 0 Å². The second-order valence-corrected chi connectivity index (χ2v) is 5.10. The number of rotatable bonds is 6. The zero-order valence-electron chi connectivity index (χ0n) is 11.1. The number of benzene rings is 2. The molecule has 0 spiro atoms. The van der Waals surface area contributed by atoms with Crippen LogP contribution in [0.2, 0.25) is 0 Å². The summed E-state index contributed by atoms with van der Waals surface area (Å²) >= 11 is 5.30. The van der Waals surface area contributed by atoms with Crippen LogP contribution in [0.25, 0.3) is 0 Å². The van der Waals surface area contributed by atoms with Crippen LogP contribution in [0.3, 0.4) is 0 Å². The molecule has 2 aromatic carbocycles. The van der Waals surface area contributed by atoms with Crippen molar-refractivity contribution in [2.45, 2.75) is 17.9 Å². The maximum Gasteiger partial charge on any atom is 0.0786 e. The molecule has 3 heteroatoms. The lowest BCUT2D eigenvalue weighted by Crippen LogP contribution is -2.34. The van der Waals surface area contributed by atoms with Crippen LogP contribution >= 0.6 is 12.2 Å². The van der Waals surface area contributed by atoms with Gasteiger partial charge in [0.2, 0.25) is 0 Å². The minimum Gasteiger partial charge on any atom is -0.394 e. The second-order valence-electron chi connectivity index (χ2n) is 4.86. The first kappa shape index (κ1) is 14.9. The summed E-state index contributed by atoms with van der Waals surface area (Å²) in [6.45, 7) is -0.273. The zero-order chi connectivity index (χ0) is 14.4. The van der Waals surface area contributed by atoms with Gasteiger partial charge in [-0.2, -0.15) is 0 Å². The van der Waals surface area contributed by atoms with Crippen molar-refractivity contribution in [3.63, 3.8) is 0 Å². The number of hydrogen-bond acceptors (Lipinski definition) is 3. The fraction of sp³-hybridized carbons (Fsp3) is 0.235. The SMILES string of the molecule is OC[C@@H](O)CC(C=S)(c1ccccc1)c1ccccc1. The molecule has 2 rings (SSSR count). The first-order valence-corrected chi connectivity index (χ1v) is 7.06. The van der Waals surface area contributed by atoms with Crippen molar-refractivity contribution in [1.29, 1.82) is 0 Å². The van der Waals surface area contributed by atoms with Crippen molar-refractivity contribution in [1.82, 2.24) is 0 Å². The highest BCUT2D eigenvalue weighted by Gasteiger charge is 2.34. The molecule has 2 nitrogen and oxygen atoms in total. The van der Waals surface area contributed by atoms with E-state index in [0.29, 0.717) is 6.42 Å². The van der Waals surface area contributed by atoms with Gasteiger partial charge in [0, 0.05) is 0 Å². The van der Waals surface area contributed by atoms with Crippen molar-refractivity contribution in [2.24, 2.45) is 0 Å². The van der Waals surface area contributed by atoms with E-state index in [-0.39, 0.29) is 6.61 Å². The number of hydrogen-bond donors (Lipinski definition) is 2. The van der Waals surface area contributed by atoms with Crippen molar-refractivity contribution in [3.8, 4) is 0 Å². The summed E-state index contributed by atoms with van der Waals surface area (Å²) in [5, 5.41) is 20.8. The first-order chi connectivity index (χ1) is 9.73. The molecule has 0 amide bonds. The minimum atomic E-state index is -0.811. The van der Waals surface area contributed by atoms with Crippen LogP contribution < -0.4 is 0 Å². The summed E-state index contributed by atoms with van der Waals surface area (Å²) in [6, 6.07) is 19.7. The molecule has 0 aliphatic carbocycles. The molecule has 0 aliphatic heterocycles. The largest absolute Gasteiger partial charge is 0.394 e. The smallest absolute Gasteiger partial charge is 0.0786 e. The van der Waals surface area contributed by atoms with E-state index in [9.17, 15) is 10.2 Å². The lowest BCUT2D eigenvalue weighted by atomic mass is 9.72. The van der Waals surface area contributed by atoms with Gasteiger partial charge >= 0.3 is 0 Å². The molecule has 0 radical (unpaired) electrons. The average Bonchev–Trinajstić information content (AvgIpc) is 2.54. The van der Waals surface area contributed by atoms with Gasteiger partial charge < -0.3 is 10.2 Å². The second kappa shape index (κ2) is 6.75. The molecular formula is C17H18O2S. The highest BCUT2D eigenvalue weighted by atomic mass is 32.1. The van der Waals surface area contributed by atoms with Gasteiger partial charge in [0.25, 0.3) is 0 Å². The third-order valence-electron chi connectivity index (χ3n) is 3.55. The van der Waals surface area contributed by atoms with Crippen molar-refractivity contribution in [3.05, 3.63) is 71.8 Å². The van der Waals surface area contributed by atoms with E-state index in [1.807, 2.05) is 60.7 Å². The van der Waals surface area contributed by atoms with Gasteiger partial charge in [0.1, 0.15) is 0 Å². The summed E-state index contributed by atoms with van der Waals surface area (Å²) in [5.41, 5.74) is 1.47. The number of thiocarbonyl (C=S) groups is 1. The Hall–Kier alpha value is -1.55. The van der Waals surface area contributed by atoms with Crippen LogP contribution in [0.15, 0.2) is 60.7 Å². The van der Waals surface area contributed by atoms with E-state index >= 15 is 0 Å². The molecule has 0 saturated heterocycles. The van der Waals surface area contributed by atoms with E-state index in [1.54, 1.807) is 5.37 Å². The Kier molecular flexibility index (Phi) is 5.01. The summed E-state index contributed by atoms with van der Waals surface area (Å²) in [6.07, 6.45) is -0.448. The van der Waals surface area contributed by atoms with E-state index in [0.717, 1.165) is 11.1 Å². The van der Waals surface area contributed by atoms with Crippen LogP contribution in [0, 0.1) is 0 Å². The normalized spacial score (nSPS) is 12.9. The quantitative estimate of drug-likeness (QED) is 0.802. The molecule has 2 aromatic rings. The Labute approximate surface area is 124 Å². The first-order valence-electron chi connectivity index (χ1n) is 6.59. The molecular weight excluding hydrogens is 268 g/mol. The molecule has 20 heavy (non-hydrogen) atoms. The summed E-state index contributed by atoms with van der Waals surface area (Å²) in [7, 11) is 0. The van der Waals surface area contributed by atoms with Crippen LogP contribution in [0.4, 0.5) is 0 Å². The Bertz CT molecular complexity index is 500. The van der Waals surface area contributed by atoms with E-state index in [1.165, 1.54) is 0 Å². The van der Waals surface area contributed by atoms with Gasteiger partial charge in [0.05, 0.1) is 18.1 Å². The predicted molar refractivity (Wildman–Crippen MR) is 85.0 cm³/mol. The highest BCUT2D eigenvalue weighted by Crippen LogP contribution is 2.35. The molecule has 0 saturated carbocycles. The lowest BCUT2D eigenvalue weighted by Gasteiger charge is -2.32. The number of aliphatic hydroxyl groups is 2. The molecule has 0 aromatic heterocycles. The number of aliphatic hydroxyl groups excluding tert-OH is 2. The van der Waals surface area contributed by atoms with Crippen molar-refractivity contribution < 1.29 is 10.2 Å². The highest BCUT2D eigenvalue weighted by molar-refractivity contribution is 7.79. The Morgan fingerprint density at radius 3 is 1.75 bits per heavy atom. The van der Waals surface area contributed by atoms with Gasteiger partial charge in [0.15, 0.2) is 0 Å². The molecule has 2 N–H and O–H groups in total. The monoisotopic (exact) mass is 286 g/mol. The molecule has 1 atom stereocenters. The van der Waals surface area contributed by atoms with Gasteiger partial charge in [-0.3, -0.25) is 0 Å². The summed E-state index contributed by atoms with van der Waals surface area (Å²) in [4.78, 5) is 0. The van der Waals surface area contributed by atoms with Gasteiger partial charge in [-0.25, -0.2) is 0 Å². The van der Waals surface area contributed by atoms with Crippen LogP contribution in [-0.2, 0) is 5.41 Å². The average molecular weight is 286 g/mol. The Morgan fingerprint density at radius 2 is 1.40 bits per heavy atom. The van der Waals surface area contributed by atoms with E-state index in [4.69, 9.17) is 12.2 Å². The van der Waals surface area contributed by atoms with Gasteiger partial charge in [-0.05, 0) is 22.9 Å². The third kappa shape index (κ3) is 2.96. The molecule has 0 heterocycles. The fourth-order valence-corrected chi connectivity index (χ4v) is 2.86. The van der Waals surface area contributed by atoms with Crippen LogP contribution in [-0.4, -0.2) is 28.3 Å². The van der Waals surface area contributed by atoms with E-state index < -0.39 is 11.5 Å². The molecule has 0 unspecified atom stereocenters. The summed E-state index contributed by atoms with van der Waals surface area (Å²) in [5.74, 6) is 0. The minimum absolute atomic E-state index is 0.273. The third-order valence-corrected chi connectivity index (χ3v) is 3.95. The molecule has 0 aliphatic rings. The zero-order valence-corrected chi connectivity index (χ0v) is 12.0. The van der Waals surface area contributed by atoms with Gasteiger partial charge in [-0.15, -0.1) is 0 Å². The Balaban J connectivity index is 2.55. The van der Waals surface area contributed by atoms with Gasteiger partial charge in [-0.1, -0.05) is 72.9 Å². The standard InChI is InChI=1S/C17H18O2S/c18-12-16(19)11-17(13-20,14-7-3-1-4-8-14)15-9-5-2-6-10-15/h1-10,13,16,18-19H,11-12H2/t16-/m0/s1.